The van der Waals surface area contributed by atoms with Crippen molar-refractivity contribution in [3.63, 3.8) is 0 Å². The minimum absolute atomic E-state index is 0. The van der Waals surface area contributed by atoms with Crippen molar-refractivity contribution in [1.29, 1.82) is 0 Å². The van der Waals surface area contributed by atoms with E-state index in [-0.39, 0.29) is 24.0 Å². The molecule has 0 saturated carbocycles. The first kappa shape index (κ1) is 21.3. The summed E-state index contributed by atoms with van der Waals surface area (Å²) >= 11 is 0. The van der Waals surface area contributed by atoms with Crippen LogP contribution in [0.5, 0.6) is 11.5 Å². The quantitative estimate of drug-likeness (QED) is 0.388. The highest BCUT2D eigenvalue weighted by Crippen LogP contribution is 2.32. The number of para-hydroxylation sites is 2. The van der Waals surface area contributed by atoms with E-state index < -0.39 is 0 Å². The highest BCUT2D eigenvalue weighted by molar-refractivity contribution is 14.0. The van der Waals surface area contributed by atoms with E-state index in [2.05, 4.69) is 27.3 Å². The third kappa shape index (κ3) is 6.02. The van der Waals surface area contributed by atoms with Crippen LogP contribution in [0.1, 0.15) is 17.9 Å². The Morgan fingerprint density at radius 3 is 2.70 bits per heavy atom. The van der Waals surface area contributed by atoms with Gasteiger partial charge in [0.2, 0.25) is 0 Å². The van der Waals surface area contributed by atoms with Gasteiger partial charge in [0.05, 0.1) is 13.2 Å². The lowest BCUT2D eigenvalue weighted by Gasteiger charge is -2.28. The van der Waals surface area contributed by atoms with E-state index in [4.69, 9.17) is 9.47 Å². The van der Waals surface area contributed by atoms with E-state index in [0.717, 1.165) is 43.6 Å². The standard InChI is InChI=1S/C21H27N3O2.HI/c1-22-21(24(2)13-15-25-18-8-4-3-5-9-18)23-16-17-12-14-26-20-11-7-6-10-19(17)20;/h3-11,17H,12-16H2,1-2H3,(H,22,23);1H. The maximum atomic E-state index is 5.77. The molecule has 0 amide bonds. The molecule has 1 aliphatic heterocycles. The van der Waals surface area contributed by atoms with Gasteiger partial charge in [0, 0.05) is 26.6 Å². The molecule has 1 atom stereocenters. The van der Waals surface area contributed by atoms with Gasteiger partial charge in [0.25, 0.3) is 0 Å². The summed E-state index contributed by atoms with van der Waals surface area (Å²) in [6.07, 6.45) is 1.02. The second kappa shape index (κ2) is 11.0. The fraction of sp³-hybridized carbons (Fsp3) is 0.381. The molecule has 0 saturated heterocycles. The zero-order chi connectivity index (χ0) is 18.2. The number of aliphatic imine (C=N–C) groups is 1. The second-order valence-corrected chi connectivity index (χ2v) is 6.38. The van der Waals surface area contributed by atoms with Gasteiger partial charge in [0.15, 0.2) is 5.96 Å². The minimum atomic E-state index is 0. The molecule has 1 heterocycles. The van der Waals surface area contributed by atoms with Crippen molar-refractivity contribution in [3.8, 4) is 11.5 Å². The first-order chi connectivity index (χ1) is 12.8. The van der Waals surface area contributed by atoms with Crippen LogP contribution in [-0.4, -0.2) is 51.3 Å². The van der Waals surface area contributed by atoms with Crippen molar-refractivity contribution in [2.24, 2.45) is 4.99 Å². The van der Waals surface area contributed by atoms with Crippen molar-refractivity contribution in [2.45, 2.75) is 12.3 Å². The highest BCUT2D eigenvalue weighted by Gasteiger charge is 2.21. The van der Waals surface area contributed by atoms with Gasteiger partial charge >= 0.3 is 0 Å². The van der Waals surface area contributed by atoms with E-state index in [1.54, 1.807) is 0 Å². The van der Waals surface area contributed by atoms with Crippen LogP contribution in [0.4, 0.5) is 0 Å². The van der Waals surface area contributed by atoms with Crippen molar-refractivity contribution < 1.29 is 9.47 Å². The molecule has 2 aromatic carbocycles. The zero-order valence-electron chi connectivity index (χ0n) is 15.9. The predicted octanol–water partition coefficient (Wildman–Crippen LogP) is 3.76. The summed E-state index contributed by atoms with van der Waals surface area (Å²) in [6, 6.07) is 18.2. The Hall–Kier alpha value is -1.96. The Morgan fingerprint density at radius 1 is 1.19 bits per heavy atom. The van der Waals surface area contributed by atoms with Crippen LogP contribution in [-0.2, 0) is 0 Å². The number of hydrogen-bond acceptors (Lipinski definition) is 3. The Morgan fingerprint density at radius 2 is 1.93 bits per heavy atom. The number of guanidine groups is 1. The molecular formula is C21H28IN3O2. The van der Waals surface area contributed by atoms with Crippen LogP contribution < -0.4 is 14.8 Å². The van der Waals surface area contributed by atoms with Gasteiger partial charge in [-0.2, -0.15) is 0 Å². The van der Waals surface area contributed by atoms with Crippen LogP contribution in [0.15, 0.2) is 59.6 Å². The van der Waals surface area contributed by atoms with Crippen LogP contribution in [0, 0.1) is 0 Å². The molecule has 3 rings (SSSR count). The molecule has 1 aliphatic rings. The summed E-state index contributed by atoms with van der Waals surface area (Å²) in [5.74, 6) is 3.21. The molecule has 0 radical (unpaired) electrons. The van der Waals surface area contributed by atoms with Crippen LogP contribution in [0.3, 0.4) is 0 Å². The summed E-state index contributed by atoms with van der Waals surface area (Å²) < 4.78 is 11.5. The lowest BCUT2D eigenvalue weighted by Crippen LogP contribution is -2.42. The maximum Gasteiger partial charge on any atom is 0.193 e. The molecule has 0 bridgehead atoms. The molecule has 1 unspecified atom stereocenters. The summed E-state index contributed by atoms with van der Waals surface area (Å²) in [5, 5.41) is 3.49. The predicted molar refractivity (Wildman–Crippen MR) is 121 cm³/mol. The Bertz CT molecular complexity index is 724. The van der Waals surface area contributed by atoms with Gasteiger partial charge in [-0.05, 0) is 30.2 Å². The van der Waals surface area contributed by atoms with E-state index in [1.165, 1.54) is 5.56 Å². The summed E-state index contributed by atoms with van der Waals surface area (Å²) in [7, 11) is 3.84. The van der Waals surface area contributed by atoms with Crippen molar-refractivity contribution in [2.75, 3.05) is 40.4 Å². The molecule has 27 heavy (non-hydrogen) atoms. The number of fused-ring (bicyclic) bond motifs is 1. The molecule has 0 fully saturated rings. The largest absolute Gasteiger partial charge is 0.493 e. The normalized spacial score (nSPS) is 15.8. The molecule has 0 aromatic heterocycles. The number of nitrogens with zero attached hydrogens (tertiary/aromatic N) is 2. The van der Waals surface area contributed by atoms with Crippen LogP contribution >= 0.6 is 24.0 Å². The summed E-state index contributed by atoms with van der Waals surface area (Å²) in [6.45, 7) is 2.99. The number of rotatable bonds is 6. The fourth-order valence-electron chi connectivity index (χ4n) is 3.15. The molecule has 146 valence electrons. The number of halogens is 1. The Labute approximate surface area is 178 Å². The van der Waals surface area contributed by atoms with Crippen molar-refractivity contribution >= 4 is 29.9 Å². The van der Waals surface area contributed by atoms with Gasteiger partial charge in [0.1, 0.15) is 18.1 Å². The third-order valence-corrected chi connectivity index (χ3v) is 4.60. The topological polar surface area (TPSA) is 46.1 Å². The number of likely N-dealkylation sites (N-methyl/N-ethyl adjacent to an activating group) is 1. The Kier molecular flexibility index (Phi) is 8.71. The van der Waals surface area contributed by atoms with Crippen LogP contribution in [0.2, 0.25) is 0 Å². The summed E-state index contributed by atoms with van der Waals surface area (Å²) in [5.41, 5.74) is 1.27. The minimum Gasteiger partial charge on any atom is -0.493 e. The highest BCUT2D eigenvalue weighted by atomic mass is 127. The van der Waals surface area contributed by atoms with Gasteiger partial charge in [-0.3, -0.25) is 4.99 Å². The number of benzene rings is 2. The first-order valence-electron chi connectivity index (χ1n) is 9.09. The maximum absolute atomic E-state index is 5.77. The van der Waals surface area contributed by atoms with E-state index in [9.17, 15) is 0 Å². The van der Waals surface area contributed by atoms with Crippen LogP contribution in [0.25, 0.3) is 0 Å². The first-order valence-corrected chi connectivity index (χ1v) is 9.09. The molecule has 0 spiro atoms. The average Bonchev–Trinajstić information content (AvgIpc) is 2.69. The number of nitrogens with one attached hydrogen (secondary N) is 1. The molecule has 2 aromatic rings. The average molecular weight is 481 g/mol. The molecule has 6 heteroatoms. The van der Waals surface area contributed by atoms with E-state index >= 15 is 0 Å². The third-order valence-electron chi connectivity index (χ3n) is 4.60. The molecule has 5 nitrogen and oxygen atoms in total. The lowest BCUT2D eigenvalue weighted by atomic mass is 9.93. The second-order valence-electron chi connectivity index (χ2n) is 6.38. The number of hydrogen-bond donors (Lipinski definition) is 1. The molecule has 1 N–H and O–H groups in total. The van der Waals surface area contributed by atoms with E-state index in [1.807, 2.05) is 56.6 Å². The summed E-state index contributed by atoms with van der Waals surface area (Å²) in [4.78, 5) is 6.49. The van der Waals surface area contributed by atoms with Crippen molar-refractivity contribution in [3.05, 3.63) is 60.2 Å². The SMILES string of the molecule is CN=C(NCC1CCOc2ccccc21)N(C)CCOc1ccccc1.I. The zero-order valence-corrected chi connectivity index (χ0v) is 18.3. The fourth-order valence-corrected chi connectivity index (χ4v) is 3.15. The smallest absolute Gasteiger partial charge is 0.193 e. The van der Waals surface area contributed by atoms with Gasteiger partial charge in [-0.1, -0.05) is 36.4 Å². The van der Waals surface area contributed by atoms with Crippen molar-refractivity contribution in [1.82, 2.24) is 10.2 Å². The monoisotopic (exact) mass is 481 g/mol. The Balaban J connectivity index is 0.00000261. The van der Waals surface area contributed by atoms with Gasteiger partial charge in [-0.25, -0.2) is 0 Å². The lowest BCUT2D eigenvalue weighted by molar-refractivity contribution is 0.264. The molecule has 0 aliphatic carbocycles. The van der Waals surface area contributed by atoms with Gasteiger partial charge < -0.3 is 19.7 Å². The van der Waals surface area contributed by atoms with E-state index in [0.29, 0.717) is 12.5 Å². The van der Waals surface area contributed by atoms with Gasteiger partial charge in [-0.15, -0.1) is 24.0 Å². The number of ether oxygens (including phenoxy) is 2. The molecular weight excluding hydrogens is 453 g/mol.